The van der Waals surface area contributed by atoms with Crippen LogP contribution in [0.5, 0.6) is 0 Å². The number of carbonyl (C=O) groups excluding carboxylic acids is 1. The predicted octanol–water partition coefficient (Wildman–Crippen LogP) is 3.23. The minimum absolute atomic E-state index is 0.284. The maximum Gasteiger partial charge on any atom is 0.222 e. The van der Waals surface area contributed by atoms with Gasteiger partial charge in [0.25, 0.3) is 0 Å². The van der Waals surface area contributed by atoms with E-state index in [0.717, 1.165) is 44.7 Å². The van der Waals surface area contributed by atoms with Gasteiger partial charge < -0.3 is 9.88 Å². The van der Waals surface area contributed by atoms with Crippen LogP contribution in [0.15, 0.2) is 24.7 Å². The molecule has 0 bridgehead atoms. The van der Waals surface area contributed by atoms with Crippen LogP contribution in [0.1, 0.15) is 41.1 Å². The van der Waals surface area contributed by atoms with Gasteiger partial charge in [0.2, 0.25) is 5.91 Å². The van der Waals surface area contributed by atoms with Gasteiger partial charge in [-0.3, -0.25) is 9.69 Å². The van der Waals surface area contributed by atoms with Crippen molar-refractivity contribution in [3.05, 3.63) is 40.1 Å². The lowest BCUT2D eigenvalue weighted by Gasteiger charge is -2.48. The number of nitrogens with one attached hydrogen (secondary N) is 1. The van der Waals surface area contributed by atoms with Crippen molar-refractivity contribution >= 4 is 17.2 Å². The number of piperidine rings is 2. The van der Waals surface area contributed by atoms with Gasteiger partial charge in [-0.2, -0.15) is 0 Å². The Morgan fingerprint density at radius 3 is 3.00 bits per heavy atom. The molecule has 2 aromatic rings. The number of aryl methyl sites for hydroxylation is 1. The maximum absolute atomic E-state index is 12.4. The van der Waals surface area contributed by atoms with Gasteiger partial charge >= 0.3 is 0 Å². The standard InChI is InChI=1S/C20H28N4OS/c1-16-3-4-18(26-16)12-23-9-2-7-20(13-23)8-5-19(25)24(14-20)10-6-17-11-21-15-22-17/h3-4,11,15H,2,5-10,12-14H2,1H3,(H,21,22)/t20-/m1/s1. The van der Waals surface area contributed by atoms with Crippen molar-refractivity contribution in [1.29, 1.82) is 0 Å². The van der Waals surface area contributed by atoms with E-state index in [1.54, 1.807) is 6.33 Å². The number of aromatic amines is 1. The molecule has 2 fully saturated rings. The van der Waals surface area contributed by atoms with E-state index in [0.29, 0.717) is 12.3 Å². The summed E-state index contributed by atoms with van der Waals surface area (Å²) in [5.41, 5.74) is 1.39. The first-order chi connectivity index (χ1) is 12.6. The third-order valence-corrected chi connectivity index (χ3v) is 6.86. The first-order valence-electron chi connectivity index (χ1n) is 9.65. The third-order valence-electron chi connectivity index (χ3n) is 5.87. The molecule has 0 radical (unpaired) electrons. The zero-order valence-electron chi connectivity index (χ0n) is 15.5. The third kappa shape index (κ3) is 4.01. The minimum Gasteiger partial charge on any atom is -0.348 e. The lowest BCUT2D eigenvalue weighted by Crippen LogP contribution is -2.54. The fourth-order valence-corrected chi connectivity index (χ4v) is 5.48. The Bertz CT molecular complexity index is 741. The largest absolute Gasteiger partial charge is 0.348 e. The Morgan fingerprint density at radius 2 is 2.23 bits per heavy atom. The molecule has 0 unspecified atom stereocenters. The first-order valence-corrected chi connectivity index (χ1v) is 10.5. The van der Waals surface area contributed by atoms with Crippen LogP contribution in [0.2, 0.25) is 0 Å². The Morgan fingerprint density at radius 1 is 1.31 bits per heavy atom. The van der Waals surface area contributed by atoms with Crippen molar-refractivity contribution in [2.24, 2.45) is 5.41 Å². The van der Waals surface area contributed by atoms with E-state index in [9.17, 15) is 4.79 Å². The monoisotopic (exact) mass is 372 g/mol. The predicted molar refractivity (Wildman–Crippen MR) is 104 cm³/mol. The number of thiophene rings is 1. The Hall–Kier alpha value is -1.66. The molecule has 2 aliphatic rings. The zero-order chi connectivity index (χ0) is 18.0. The number of H-pyrrole nitrogens is 1. The lowest BCUT2D eigenvalue weighted by atomic mass is 9.73. The number of nitrogens with zero attached hydrogens (tertiary/aromatic N) is 3. The van der Waals surface area contributed by atoms with E-state index >= 15 is 0 Å². The van der Waals surface area contributed by atoms with Crippen LogP contribution in [-0.4, -0.2) is 51.9 Å². The highest BCUT2D eigenvalue weighted by Crippen LogP contribution is 2.39. The first kappa shape index (κ1) is 17.7. The summed E-state index contributed by atoms with van der Waals surface area (Å²) in [5.74, 6) is 0.321. The molecule has 0 aliphatic carbocycles. The zero-order valence-corrected chi connectivity index (χ0v) is 16.4. The molecule has 26 heavy (non-hydrogen) atoms. The molecule has 2 saturated heterocycles. The van der Waals surface area contributed by atoms with Gasteiger partial charge in [-0.25, -0.2) is 4.98 Å². The smallest absolute Gasteiger partial charge is 0.222 e. The van der Waals surface area contributed by atoms with E-state index < -0.39 is 0 Å². The summed E-state index contributed by atoms with van der Waals surface area (Å²) < 4.78 is 0. The van der Waals surface area contributed by atoms with Crippen molar-refractivity contribution in [3.63, 3.8) is 0 Å². The molecule has 5 nitrogen and oxygen atoms in total. The van der Waals surface area contributed by atoms with Crippen molar-refractivity contribution in [2.75, 3.05) is 26.2 Å². The molecule has 2 aromatic heterocycles. The molecule has 1 amide bonds. The van der Waals surface area contributed by atoms with Crippen molar-refractivity contribution in [3.8, 4) is 0 Å². The van der Waals surface area contributed by atoms with Crippen LogP contribution in [0.25, 0.3) is 0 Å². The highest BCUT2D eigenvalue weighted by Gasteiger charge is 2.41. The second-order valence-electron chi connectivity index (χ2n) is 7.97. The molecular formula is C20H28N4OS. The summed E-state index contributed by atoms with van der Waals surface area (Å²) in [6, 6.07) is 4.48. The molecule has 1 N–H and O–H groups in total. The summed E-state index contributed by atoms with van der Waals surface area (Å²) in [6.45, 7) is 7.25. The summed E-state index contributed by atoms with van der Waals surface area (Å²) in [7, 11) is 0. The maximum atomic E-state index is 12.4. The summed E-state index contributed by atoms with van der Waals surface area (Å²) in [5, 5.41) is 0. The average molecular weight is 373 g/mol. The number of hydrogen-bond acceptors (Lipinski definition) is 4. The topological polar surface area (TPSA) is 52.2 Å². The number of carbonyl (C=O) groups is 1. The van der Waals surface area contributed by atoms with Crippen molar-refractivity contribution in [1.82, 2.24) is 19.8 Å². The van der Waals surface area contributed by atoms with E-state index in [-0.39, 0.29) is 5.41 Å². The van der Waals surface area contributed by atoms with E-state index in [4.69, 9.17) is 0 Å². The van der Waals surface area contributed by atoms with Crippen LogP contribution in [0, 0.1) is 12.3 Å². The highest BCUT2D eigenvalue weighted by atomic mass is 32.1. The second kappa shape index (κ2) is 7.53. The molecule has 2 aliphatic heterocycles. The Balaban J connectivity index is 1.38. The van der Waals surface area contributed by atoms with E-state index in [1.165, 1.54) is 29.1 Å². The van der Waals surface area contributed by atoms with Gasteiger partial charge in [0, 0.05) is 66.1 Å². The van der Waals surface area contributed by atoms with E-state index in [2.05, 4.69) is 38.8 Å². The van der Waals surface area contributed by atoms with Crippen molar-refractivity contribution < 1.29 is 4.79 Å². The van der Waals surface area contributed by atoms with Crippen LogP contribution < -0.4 is 0 Å². The number of amides is 1. The fraction of sp³-hybridized carbons (Fsp3) is 0.600. The Labute approximate surface area is 159 Å². The molecule has 4 rings (SSSR count). The molecule has 4 heterocycles. The van der Waals surface area contributed by atoms with E-state index in [1.807, 2.05) is 17.5 Å². The van der Waals surface area contributed by atoms with Gasteiger partial charge in [0.15, 0.2) is 0 Å². The molecule has 6 heteroatoms. The highest BCUT2D eigenvalue weighted by molar-refractivity contribution is 7.11. The molecule has 140 valence electrons. The van der Waals surface area contributed by atoms with Gasteiger partial charge in [0.1, 0.15) is 0 Å². The summed E-state index contributed by atoms with van der Waals surface area (Å²) in [4.78, 5) is 27.2. The quantitative estimate of drug-likeness (QED) is 0.877. The number of rotatable bonds is 5. The number of imidazole rings is 1. The average Bonchev–Trinajstić information content (AvgIpc) is 3.28. The normalized spacial score (nSPS) is 24.5. The number of aromatic nitrogens is 2. The van der Waals surface area contributed by atoms with Gasteiger partial charge in [-0.05, 0) is 44.9 Å². The SMILES string of the molecule is Cc1ccc(CN2CCC[C@@]3(CCC(=O)N(CCc4cnc[nH]4)C3)C2)s1. The van der Waals surface area contributed by atoms with Crippen LogP contribution >= 0.6 is 11.3 Å². The number of likely N-dealkylation sites (tertiary alicyclic amines) is 2. The molecule has 1 atom stereocenters. The molecule has 1 spiro atoms. The Kier molecular flexibility index (Phi) is 5.14. The van der Waals surface area contributed by atoms with Crippen LogP contribution in [0.4, 0.5) is 0 Å². The molecule has 0 saturated carbocycles. The number of hydrogen-bond donors (Lipinski definition) is 1. The van der Waals surface area contributed by atoms with Gasteiger partial charge in [-0.1, -0.05) is 0 Å². The summed E-state index contributed by atoms with van der Waals surface area (Å²) in [6.07, 6.45) is 8.67. The van der Waals surface area contributed by atoms with Gasteiger partial charge in [-0.15, -0.1) is 11.3 Å². The van der Waals surface area contributed by atoms with Crippen LogP contribution in [-0.2, 0) is 17.8 Å². The molecular weight excluding hydrogens is 344 g/mol. The fourth-order valence-electron chi connectivity index (χ4n) is 4.55. The van der Waals surface area contributed by atoms with Gasteiger partial charge in [0.05, 0.1) is 6.33 Å². The summed E-state index contributed by atoms with van der Waals surface area (Å²) >= 11 is 1.91. The molecule has 0 aromatic carbocycles. The van der Waals surface area contributed by atoms with Crippen molar-refractivity contribution in [2.45, 2.75) is 45.6 Å². The van der Waals surface area contributed by atoms with Crippen LogP contribution in [0.3, 0.4) is 0 Å². The lowest BCUT2D eigenvalue weighted by molar-refractivity contribution is -0.139. The second-order valence-corrected chi connectivity index (χ2v) is 9.34. The minimum atomic E-state index is 0.284.